The maximum Gasteiger partial charge on any atom is 0.137 e. The van der Waals surface area contributed by atoms with Crippen molar-refractivity contribution < 1.29 is 19.3 Å². The van der Waals surface area contributed by atoms with Crippen LogP contribution in [0.5, 0.6) is 11.5 Å². The number of aliphatic hydroxyl groups excluding tert-OH is 1. The number of hydrogen-bond acceptors (Lipinski definition) is 5. The molecule has 0 bridgehead atoms. The number of alkyl halides is 1. The molecule has 7 heteroatoms. The van der Waals surface area contributed by atoms with Gasteiger partial charge in [-0.1, -0.05) is 50.6 Å². The third-order valence-electron chi connectivity index (χ3n) is 6.03. The van der Waals surface area contributed by atoms with Gasteiger partial charge in [0.05, 0.1) is 24.8 Å². The largest absolute Gasteiger partial charge is 0.492 e. The molecular formula is C26H35Cl2NO4. The highest BCUT2D eigenvalue weighted by Crippen LogP contribution is 2.36. The van der Waals surface area contributed by atoms with E-state index < -0.39 is 6.10 Å². The fraction of sp³-hybridized carbons (Fsp3) is 0.538. The monoisotopic (exact) mass is 495 g/mol. The second-order valence-electron chi connectivity index (χ2n) is 9.24. The Morgan fingerprint density at radius 1 is 1.03 bits per heavy atom. The van der Waals surface area contributed by atoms with Gasteiger partial charge < -0.3 is 19.3 Å². The van der Waals surface area contributed by atoms with Crippen molar-refractivity contribution >= 4 is 23.2 Å². The van der Waals surface area contributed by atoms with Crippen LogP contribution in [0.1, 0.15) is 31.9 Å². The Kier molecular flexibility index (Phi) is 9.71. The third kappa shape index (κ3) is 7.49. The topological polar surface area (TPSA) is 51.2 Å². The molecule has 0 aromatic heterocycles. The summed E-state index contributed by atoms with van der Waals surface area (Å²) in [4.78, 5) is 2.20. The zero-order chi connectivity index (χ0) is 23.8. The minimum absolute atomic E-state index is 0.250. The lowest BCUT2D eigenvalue weighted by Gasteiger charge is -2.28. The van der Waals surface area contributed by atoms with Crippen LogP contribution in [0.25, 0.3) is 0 Å². The van der Waals surface area contributed by atoms with Gasteiger partial charge in [-0.3, -0.25) is 4.90 Å². The van der Waals surface area contributed by atoms with Gasteiger partial charge in [0.25, 0.3) is 0 Å². The molecule has 2 unspecified atom stereocenters. The van der Waals surface area contributed by atoms with Crippen LogP contribution in [0.15, 0.2) is 42.5 Å². The molecule has 2 aromatic carbocycles. The van der Waals surface area contributed by atoms with Crippen LogP contribution in [0.3, 0.4) is 0 Å². The number of aliphatic hydroxyl groups is 1. The summed E-state index contributed by atoms with van der Waals surface area (Å²) in [6.07, 6.45) is -0.533. The van der Waals surface area contributed by atoms with Gasteiger partial charge in [-0.25, -0.2) is 0 Å². The van der Waals surface area contributed by atoms with Crippen LogP contribution < -0.4 is 9.47 Å². The van der Waals surface area contributed by atoms with E-state index in [0.29, 0.717) is 29.8 Å². The number of benzene rings is 2. The van der Waals surface area contributed by atoms with Gasteiger partial charge in [-0.2, -0.15) is 0 Å². The quantitative estimate of drug-likeness (QED) is 0.445. The van der Waals surface area contributed by atoms with Gasteiger partial charge >= 0.3 is 0 Å². The highest BCUT2D eigenvalue weighted by atomic mass is 35.5. The maximum atomic E-state index is 10.3. The molecular weight excluding hydrogens is 461 g/mol. The number of morpholine rings is 1. The van der Waals surface area contributed by atoms with E-state index in [1.807, 2.05) is 31.2 Å². The van der Waals surface area contributed by atoms with E-state index in [2.05, 4.69) is 36.9 Å². The average molecular weight is 496 g/mol. The Balaban J connectivity index is 1.57. The Bertz CT molecular complexity index is 869. The van der Waals surface area contributed by atoms with Crippen LogP contribution >= 0.6 is 23.2 Å². The predicted octanol–water partition coefficient (Wildman–Crippen LogP) is 4.99. The maximum absolute atomic E-state index is 10.3. The summed E-state index contributed by atoms with van der Waals surface area (Å²) < 4.78 is 17.0. The number of ether oxygens (including phenoxy) is 3. The van der Waals surface area contributed by atoms with Crippen LogP contribution in [-0.2, 0) is 10.2 Å². The molecule has 0 amide bonds. The summed E-state index contributed by atoms with van der Waals surface area (Å²) >= 11 is 12.4. The summed E-state index contributed by atoms with van der Waals surface area (Å²) in [6, 6.07) is 14.0. The predicted molar refractivity (Wildman–Crippen MR) is 134 cm³/mol. The first kappa shape index (κ1) is 26.1. The van der Waals surface area contributed by atoms with E-state index in [0.717, 1.165) is 43.2 Å². The van der Waals surface area contributed by atoms with Gasteiger partial charge in [-0.15, -0.1) is 11.6 Å². The van der Waals surface area contributed by atoms with E-state index in [4.69, 9.17) is 37.4 Å². The fourth-order valence-electron chi connectivity index (χ4n) is 3.74. The van der Waals surface area contributed by atoms with Crippen molar-refractivity contribution in [3.63, 3.8) is 0 Å². The van der Waals surface area contributed by atoms with Gasteiger partial charge in [0.2, 0.25) is 0 Å². The van der Waals surface area contributed by atoms with E-state index in [9.17, 15) is 5.11 Å². The Labute approximate surface area is 207 Å². The average Bonchev–Trinajstić information content (AvgIpc) is 2.82. The standard InChI is InChI=1S/C26H35Cl2NO4/c1-19(15-27)17-33-25-9-6-21(14-24(25)28)26(2,3)20-4-7-23(8-5-20)32-18-22(30)16-29-10-12-31-13-11-29/h4-9,14,19,22,30H,10-13,15-18H2,1-3H3. The zero-order valence-electron chi connectivity index (χ0n) is 19.7. The Morgan fingerprint density at radius 2 is 1.70 bits per heavy atom. The zero-order valence-corrected chi connectivity index (χ0v) is 21.2. The molecule has 3 rings (SSSR count). The normalized spacial score (nSPS) is 16.9. The molecule has 1 heterocycles. The SMILES string of the molecule is CC(CCl)COc1ccc(C(C)(C)c2ccc(OCC(O)CN3CCOCC3)cc2)cc1Cl. The lowest BCUT2D eigenvalue weighted by Crippen LogP contribution is -2.42. The minimum atomic E-state index is -0.533. The number of hydrogen-bond donors (Lipinski definition) is 1. The van der Waals surface area contributed by atoms with Crippen LogP contribution in [0.4, 0.5) is 0 Å². The van der Waals surface area contributed by atoms with Crippen molar-refractivity contribution in [1.82, 2.24) is 4.90 Å². The summed E-state index contributed by atoms with van der Waals surface area (Å²) in [5.74, 6) is 2.23. The smallest absolute Gasteiger partial charge is 0.137 e. The van der Waals surface area contributed by atoms with Crippen molar-refractivity contribution in [3.8, 4) is 11.5 Å². The number of rotatable bonds is 11. The summed E-state index contributed by atoms with van der Waals surface area (Å²) in [5.41, 5.74) is 1.99. The lowest BCUT2D eigenvalue weighted by molar-refractivity contribution is 0.00465. The number of halogens is 2. The molecule has 0 aliphatic carbocycles. The molecule has 1 N–H and O–H groups in total. The van der Waals surface area contributed by atoms with Crippen LogP contribution in [0, 0.1) is 5.92 Å². The first-order valence-electron chi connectivity index (χ1n) is 11.5. The van der Waals surface area contributed by atoms with Crippen molar-refractivity contribution in [3.05, 3.63) is 58.6 Å². The molecule has 0 saturated carbocycles. The first-order chi connectivity index (χ1) is 15.8. The van der Waals surface area contributed by atoms with Crippen molar-refractivity contribution in [2.45, 2.75) is 32.3 Å². The molecule has 1 aliphatic heterocycles. The second-order valence-corrected chi connectivity index (χ2v) is 9.96. The van der Waals surface area contributed by atoms with Gasteiger partial charge in [0.15, 0.2) is 0 Å². The molecule has 1 saturated heterocycles. The third-order valence-corrected chi connectivity index (χ3v) is 6.85. The Morgan fingerprint density at radius 3 is 2.33 bits per heavy atom. The molecule has 33 heavy (non-hydrogen) atoms. The summed E-state index contributed by atoms with van der Waals surface area (Å²) in [6.45, 7) is 10.9. The number of nitrogens with zero attached hydrogens (tertiary/aromatic N) is 1. The first-order valence-corrected chi connectivity index (χ1v) is 12.4. The molecule has 182 valence electrons. The molecule has 0 radical (unpaired) electrons. The Hall–Kier alpha value is -1.50. The van der Waals surface area contributed by atoms with Gasteiger partial charge in [0, 0.05) is 36.8 Å². The van der Waals surface area contributed by atoms with Crippen LogP contribution in [0.2, 0.25) is 5.02 Å². The van der Waals surface area contributed by atoms with Crippen LogP contribution in [-0.4, -0.2) is 68.1 Å². The van der Waals surface area contributed by atoms with E-state index >= 15 is 0 Å². The highest BCUT2D eigenvalue weighted by Gasteiger charge is 2.24. The van der Waals surface area contributed by atoms with Crippen molar-refractivity contribution in [2.24, 2.45) is 5.92 Å². The lowest BCUT2D eigenvalue weighted by atomic mass is 9.78. The fourth-order valence-corrected chi connectivity index (χ4v) is 4.07. The molecule has 2 aromatic rings. The minimum Gasteiger partial charge on any atom is -0.492 e. The van der Waals surface area contributed by atoms with Gasteiger partial charge in [0.1, 0.15) is 24.2 Å². The molecule has 5 nitrogen and oxygen atoms in total. The van der Waals surface area contributed by atoms with Crippen molar-refractivity contribution in [2.75, 3.05) is 51.9 Å². The second kappa shape index (κ2) is 12.3. The molecule has 0 spiro atoms. The highest BCUT2D eigenvalue weighted by molar-refractivity contribution is 6.32. The summed E-state index contributed by atoms with van der Waals surface area (Å²) in [5, 5.41) is 10.9. The van der Waals surface area contributed by atoms with Crippen molar-refractivity contribution in [1.29, 1.82) is 0 Å². The van der Waals surface area contributed by atoms with E-state index in [-0.39, 0.29) is 17.9 Å². The van der Waals surface area contributed by atoms with E-state index in [1.165, 1.54) is 0 Å². The number of β-amino-alcohol motifs (C(OH)–C–C–N with tert-alkyl or cyclic N) is 1. The van der Waals surface area contributed by atoms with E-state index in [1.54, 1.807) is 0 Å². The summed E-state index contributed by atoms with van der Waals surface area (Å²) in [7, 11) is 0. The van der Waals surface area contributed by atoms with Gasteiger partial charge in [-0.05, 0) is 35.4 Å². The molecule has 2 atom stereocenters. The molecule has 1 fully saturated rings. The molecule has 1 aliphatic rings.